The highest BCUT2D eigenvalue weighted by atomic mass is 16.6. The molecule has 0 aromatic heterocycles. The number of benzene rings is 2. The molecule has 4 N–H and O–H groups in total. The topological polar surface area (TPSA) is 125 Å². The zero-order chi connectivity index (χ0) is 21.2. The molecule has 0 aliphatic heterocycles. The van der Waals surface area contributed by atoms with E-state index in [0.717, 1.165) is 0 Å². The van der Waals surface area contributed by atoms with Crippen molar-refractivity contribution in [2.45, 2.75) is 19.9 Å². The molecule has 0 saturated heterocycles. The molecule has 9 nitrogen and oxygen atoms in total. The maximum atomic E-state index is 12.5. The van der Waals surface area contributed by atoms with E-state index in [0.29, 0.717) is 17.9 Å². The monoisotopic (exact) mass is 399 g/mol. The number of hydrogen-bond donors (Lipinski definition) is 4. The number of nitrogens with zero attached hydrogens (tertiary/aromatic N) is 1. The van der Waals surface area contributed by atoms with Crippen molar-refractivity contribution < 1.29 is 14.5 Å². The number of urea groups is 1. The van der Waals surface area contributed by atoms with Gasteiger partial charge in [0.05, 0.1) is 4.92 Å². The van der Waals surface area contributed by atoms with Crippen molar-refractivity contribution in [2.75, 3.05) is 23.7 Å². The number of rotatable bonds is 9. The zero-order valence-corrected chi connectivity index (χ0v) is 16.3. The number of nitro groups is 1. The minimum absolute atomic E-state index is 0.0295. The number of nitro benzene ring substituents is 1. The molecular weight excluding hydrogens is 374 g/mol. The van der Waals surface area contributed by atoms with Crippen molar-refractivity contribution in [1.82, 2.24) is 10.6 Å². The summed E-state index contributed by atoms with van der Waals surface area (Å²) in [6.45, 7) is 4.21. The summed E-state index contributed by atoms with van der Waals surface area (Å²) in [5.41, 5.74) is 0.979. The summed E-state index contributed by atoms with van der Waals surface area (Å²) < 4.78 is 0. The number of amides is 3. The molecule has 2 aromatic rings. The van der Waals surface area contributed by atoms with Crippen LogP contribution in [0.2, 0.25) is 0 Å². The van der Waals surface area contributed by atoms with E-state index in [9.17, 15) is 19.7 Å². The average molecular weight is 399 g/mol. The summed E-state index contributed by atoms with van der Waals surface area (Å²) in [7, 11) is 0. The molecule has 9 heteroatoms. The Kier molecular flexibility index (Phi) is 7.96. The smallest absolute Gasteiger partial charge is 0.319 e. The van der Waals surface area contributed by atoms with Gasteiger partial charge in [-0.05, 0) is 24.1 Å². The Balaban J connectivity index is 1.83. The van der Waals surface area contributed by atoms with Gasteiger partial charge in [0.25, 0.3) is 5.69 Å². The third kappa shape index (κ3) is 6.80. The summed E-state index contributed by atoms with van der Waals surface area (Å²) in [6.07, 6.45) is 0. The van der Waals surface area contributed by atoms with E-state index < -0.39 is 17.0 Å². The molecule has 0 bridgehead atoms. The van der Waals surface area contributed by atoms with Crippen LogP contribution >= 0.6 is 0 Å². The Morgan fingerprint density at radius 1 is 1.00 bits per heavy atom. The standard InChI is InChI=1S/C20H25N5O4/c1-14(2)18(24-20(27)23-15-8-4-3-5-9-15)19(26)22-13-12-21-16-10-6-7-11-17(16)25(28)29/h3-11,14,18,21H,12-13H2,1-2H3,(H,22,26)(H2,23,24,27)/t18-/m0/s1. The average Bonchev–Trinajstić information content (AvgIpc) is 2.70. The molecule has 0 radical (unpaired) electrons. The Morgan fingerprint density at radius 3 is 2.31 bits per heavy atom. The quantitative estimate of drug-likeness (QED) is 0.293. The van der Waals surface area contributed by atoms with Crippen LogP contribution in [-0.4, -0.2) is 36.0 Å². The molecule has 0 unspecified atom stereocenters. The van der Waals surface area contributed by atoms with Crippen molar-refractivity contribution in [1.29, 1.82) is 0 Å². The van der Waals surface area contributed by atoms with Gasteiger partial charge in [-0.15, -0.1) is 0 Å². The van der Waals surface area contributed by atoms with E-state index in [-0.39, 0.29) is 24.1 Å². The molecule has 0 saturated carbocycles. The normalized spacial score (nSPS) is 11.4. The molecular formula is C20H25N5O4. The predicted octanol–water partition coefficient (Wildman–Crippen LogP) is 2.97. The Hall–Kier alpha value is -3.62. The second-order valence-corrected chi connectivity index (χ2v) is 6.68. The van der Waals surface area contributed by atoms with Crippen molar-refractivity contribution in [3.05, 3.63) is 64.7 Å². The van der Waals surface area contributed by atoms with Gasteiger partial charge in [0, 0.05) is 24.8 Å². The molecule has 29 heavy (non-hydrogen) atoms. The Bertz CT molecular complexity index is 842. The van der Waals surface area contributed by atoms with Gasteiger partial charge in [0.15, 0.2) is 0 Å². The van der Waals surface area contributed by atoms with Gasteiger partial charge >= 0.3 is 6.03 Å². The molecule has 0 heterocycles. The van der Waals surface area contributed by atoms with Crippen LogP contribution in [0.15, 0.2) is 54.6 Å². The first-order valence-electron chi connectivity index (χ1n) is 9.26. The predicted molar refractivity (Wildman–Crippen MR) is 112 cm³/mol. The summed E-state index contributed by atoms with van der Waals surface area (Å²) in [5.74, 6) is -0.452. The first kappa shape index (κ1) is 21.7. The fraction of sp³-hybridized carbons (Fsp3) is 0.300. The van der Waals surface area contributed by atoms with Crippen LogP contribution < -0.4 is 21.3 Å². The number of para-hydroxylation sites is 3. The van der Waals surface area contributed by atoms with E-state index in [1.807, 2.05) is 19.9 Å². The van der Waals surface area contributed by atoms with Gasteiger partial charge in [-0.2, -0.15) is 0 Å². The van der Waals surface area contributed by atoms with E-state index in [4.69, 9.17) is 0 Å². The first-order chi connectivity index (χ1) is 13.9. The largest absolute Gasteiger partial charge is 0.378 e. The van der Waals surface area contributed by atoms with Crippen molar-refractivity contribution in [3.8, 4) is 0 Å². The SMILES string of the molecule is CC(C)[C@H](NC(=O)Nc1ccccc1)C(=O)NCCNc1ccccc1[N+](=O)[O-]. The van der Waals surface area contributed by atoms with E-state index >= 15 is 0 Å². The highest BCUT2D eigenvalue weighted by Gasteiger charge is 2.24. The second-order valence-electron chi connectivity index (χ2n) is 6.68. The second kappa shape index (κ2) is 10.6. The van der Waals surface area contributed by atoms with E-state index in [1.54, 1.807) is 42.5 Å². The highest BCUT2D eigenvalue weighted by Crippen LogP contribution is 2.22. The minimum Gasteiger partial charge on any atom is -0.378 e. The summed E-state index contributed by atoms with van der Waals surface area (Å²) in [4.78, 5) is 35.2. The number of anilines is 2. The molecule has 1 atom stereocenters. The molecule has 2 rings (SSSR count). The maximum Gasteiger partial charge on any atom is 0.319 e. The highest BCUT2D eigenvalue weighted by molar-refractivity contribution is 5.93. The van der Waals surface area contributed by atoms with Crippen LogP contribution in [0.1, 0.15) is 13.8 Å². The lowest BCUT2D eigenvalue weighted by Gasteiger charge is -2.22. The lowest BCUT2D eigenvalue weighted by Crippen LogP contribution is -2.51. The van der Waals surface area contributed by atoms with E-state index in [2.05, 4.69) is 21.3 Å². The van der Waals surface area contributed by atoms with Crippen LogP contribution in [-0.2, 0) is 4.79 Å². The zero-order valence-electron chi connectivity index (χ0n) is 16.3. The molecule has 0 aliphatic rings. The van der Waals surface area contributed by atoms with Crippen LogP contribution in [0.4, 0.5) is 21.9 Å². The fourth-order valence-electron chi connectivity index (χ4n) is 2.64. The van der Waals surface area contributed by atoms with Gasteiger partial charge in [-0.3, -0.25) is 14.9 Å². The molecule has 3 amide bonds. The van der Waals surface area contributed by atoms with Crippen LogP contribution in [0.25, 0.3) is 0 Å². The molecule has 2 aromatic carbocycles. The Morgan fingerprint density at radius 2 is 1.66 bits per heavy atom. The van der Waals surface area contributed by atoms with Gasteiger partial charge in [0.1, 0.15) is 11.7 Å². The lowest BCUT2D eigenvalue weighted by atomic mass is 10.0. The van der Waals surface area contributed by atoms with Crippen molar-refractivity contribution in [3.63, 3.8) is 0 Å². The summed E-state index contributed by atoms with van der Waals surface area (Å²) in [6, 6.07) is 14.0. The Labute approximate surface area is 169 Å². The molecule has 0 fully saturated rings. The number of hydrogen-bond acceptors (Lipinski definition) is 5. The fourth-order valence-corrected chi connectivity index (χ4v) is 2.64. The summed E-state index contributed by atoms with van der Waals surface area (Å²) >= 11 is 0. The molecule has 0 spiro atoms. The van der Waals surface area contributed by atoms with Gasteiger partial charge in [0.2, 0.25) is 5.91 Å². The molecule has 154 valence electrons. The van der Waals surface area contributed by atoms with Gasteiger partial charge < -0.3 is 21.3 Å². The summed E-state index contributed by atoms with van der Waals surface area (Å²) in [5, 5.41) is 22.0. The van der Waals surface area contributed by atoms with Gasteiger partial charge in [-0.25, -0.2) is 4.79 Å². The first-order valence-corrected chi connectivity index (χ1v) is 9.26. The number of carbonyl (C=O) groups is 2. The van der Waals surface area contributed by atoms with Crippen LogP contribution in [0, 0.1) is 16.0 Å². The third-order valence-electron chi connectivity index (χ3n) is 4.11. The third-order valence-corrected chi connectivity index (χ3v) is 4.11. The number of carbonyl (C=O) groups excluding carboxylic acids is 2. The minimum atomic E-state index is -0.718. The van der Waals surface area contributed by atoms with Crippen LogP contribution in [0.3, 0.4) is 0 Å². The van der Waals surface area contributed by atoms with E-state index in [1.165, 1.54) is 6.07 Å². The molecule has 0 aliphatic carbocycles. The van der Waals surface area contributed by atoms with Crippen LogP contribution in [0.5, 0.6) is 0 Å². The van der Waals surface area contributed by atoms with Crippen molar-refractivity contribution >= 4 is 29.0 Å². The van der Waals surface area contributed by atoms with Crippen molar-refractivity contribution in [2.24, 2.45) is 5.92 Å². The maximum absolute atomic E-state index is 12.5. The van der Waals surface area contributed by atoms with Gasteiger partial charge in [-0.1, -0.05) is 44.2 Å². The lowest BCUT2D eigenvalue weighted by molar-refractivity contribution is -0.384. The number of nitrogens with one attached hydrogen (secondary N) is 4.